The smallest absolute Gasteiger partial charge is 0.308 e. The van der Waals surface area contributed by atoms with E-state index in [1.165, 1.54) is 6.92 Å². The van der Waals surface area contributed by atoms with Gasteiger partial charge in [-0.3, -0.25) is 10.2 Å². The molecule has 0 bridgehead atoms. The summed E-state index contributed by atoms with van der Waals surface area (Å²) >= 11 is 0. The maximum absolute atomic E-state index is 11.9. The van der Waals surface area contributed by atoms with Gasteiger partial charge in [-0.2, -0.15) is 5.10 Å². The topological polar surface area (TPSA) is 110 Å². The number of nitrogens with zero attached hydrogens (tertiary/aromatic N) is 1. The molecule has 4 N–H and O–H groups in total. The molecule has 0 fully saturated rings. The van der Waals surface area contributed by atoms with Gasteiger partial charge in [0, 0.05) is 30.0 Å². The molecule has 0 aliphatic carbocycles. The van der Waals surface area contributed by atoms with E-state index in [1.54, 1.807) is 6.21 Å². The number of benzene rings is 1. The van der Waals surface area contributed by atoms with Crippen LogP contribution < -0.4 is 20.6 Å². The number of esters is 1. The Morgan fingerprint density at radius 2 is 1.93 bits per heavy atom. The van der Waals surface area contributed by atoms with Crippen molar-refractivity contribution in [2.24, 2.45) is 10.8 Å². The van der Waals surface area contributed by atoms with Crippen LogP contribution in [-0.4, -0.2) is 23.7 Å². The number of nitrogens with two attached hydrogens (primary N) is 1. The average Bonchev–Trinajstić information content (AvgIpc) is 2.78. The number of nitrogens with one attached hydrogen (secondary N) is 2. The molecule has 0 amide bonds. The lowest BCUT2D eigenvalue weighted by Crippen LogP contribution is -2.34. The zero-order valence-corrected chi connectivity index (χ0v) is 18.1. The molecule has 28 heavy (non-hydrogen) atoms. The second-order valence-corrected chi connectivity index (χ2v) is 9.57. The van der Waals surface area contributed by atoms with E-state index in [2.05, 4.69) is 52.1 Å². The zero-order valence-electron chi connectivity index (χ0n) is 18.1. The number of rotatable bonds is 3. The first-order chi connectivity index (χ1) is 12.6. The van der Waals surface area contributed by atoms with Gasteiger partial charge in [-0.1, -0.05) is 41.5 Å². The molecule has 1 aliphatic heterocycles. The normalized spacial score (nSPS) is 19.3. The highest BCUT2D eigenvalue weighted by Crippen LogP contribution is 2.49. The van der Waals surface area contributed by atoms with Gasteiger partial charge in [0.1, 0.15) is 17.1 Å². The number of carbonyl (C=O) groups is 1. The number of hydrazone groups is 1. The van der Waals surface area contributed by atoms with Crippen molar-refractivity contribution in [2.75, 3.05) is 0 Å². The molecule has 0 saturated carbocycles. The van der Waals surface area contributed by atoms with E-state index in [9.17, 15) is 4.79 Å². The van der Waals surface area contributed by atoms with Crippen LogP contribution in [0.2, 0.25) is 0 Å². The third kappa shape index (κ3) is 4.64. The minimum Gasteiger partial charge on any atom is -0.481 e. The van der Waals surface area contributed by atoms with Crippen molar-refractivity contribution < 1.29 is 14.3 Å². The van der Waals surface area contributed by atoms with Gasteiger partial charge >= 0.3 is 5.97 Å². The van der Waals surface area contributed by atoms with Crippen LogP contribution >= 0.6 is 0 Å². The summed E-state index contributed by atoms with van der Waals surface area (Å²) in [6.07, 6.45) is 2.18. The van der Waals surface area contributed by atoms with Gasteiger partial charge in [0.05, 0.1) is 6.21 Å². The van der Waals surface area contributed by atoms with Crippen molar-refractivity contribution in [2.45, 2.75) is 78.2 Å². The Bertz CT molecular complexity index is 832. The van der Waals surface area contributed by atoms with E-state index >= 15 is 0 Å². The highest BCUT2D eigenvalue weighted by atomic mass is 16.5. The van der Waals surface area contributed by atoms with Gasteiger partial charge < -0.3 is 15.2 Å². The SMILES string of the molecule is CC(=O)Oc1c(C(C)(C)C)cc2c(c1C(C)(C)C)CC(C)(/C=N/NC(=N)N)O2. The summed E-state index contributed by atoms with van der Waals surface area (Å²) in [5, 5.41) is 11.2. The average molecular weight is 389 g/mol. The Hall–Kier alpha value is -2.57. The Balaban J connectivity index is 2.68. The summed E-state index contributed by atoms with van der Waals surface area (Å²) in [6.45, 7) is 15.9. The van der Waals surface area contributed by atoms with Crippen LogP contribution in [0.15, 0.2) is 11.2 Å². The summed E-state index contributed by atoms with van der Waals surface area (Å²) < 4.78 is 12.0. The zero-order chi connectivity index (χ0) is 21.5. The molecule has 0 spiro atoms. The van der Waals surface area contributed by atoms with Gasteiger partial charge in [0.2, 0.25) is 5.96 Å². The molecule has 154 valence electrons. The fourth-order valence-corrected chi connectivity index (χ4v) is 3.49. The molecule has 0 aromatic heterocycles. The lowest BCUT2D eigenvalue weighted by Gasteiger charge is -2.30. The third-order valence-corrected chi connectivity index (χ3v) is 4.54. The van der Waals surface area contributed by atoms with Crippen molar-refractivity contribution in [1.29, 1.82) is 5.41 Å². The number of carbonyl (C=O) groups excluding carboxylic acids is 1. The number of fused-ring (bicyclic) bond motifs is 1. The van der Waals surface area contributed by atoms with Gasteiger partial charge in [0.25, 0.3) is 0 Å². The maximum Gasteiger partial charge on any atom is 0.308 e. The minimum atomic E-state index is -0.700. The van der Waals surface area contributed by atoms with Crippen molar-refractivity contribution in [1.82, 2.24) is 5.43 Å². The molecule has 7 nitrogen and oxygen atoms in total. The molecular formula is C21H32N4O3. The lowest BCUT2D eigenvalue weighted by molar-refractivity contribution is -0.132. The molecule has 1 aromatic carbocycles. The van der Waals surface area contributed by atoms with Crippen molar-refractivity contribution in [3.63, 3.8) is 0 Å². The Labute approximate surface area is 167 Å². The number of hydrogen-bond acceptors (Lipinski definition) is 5. The predicted octanol–water partition coefficient (Wildman–Crippen LogP) is 3.37. The molecule has 2 rings (SSSR count). The molecule has 0 radical (unpaired) electrons. The summed E-state index contributed by atoms with van der Waals surface area (Å²) in [5.74, 6) is 0.808. The first-order valence-electron chi connectivity index (χ1n) is 9.36. The second-order valence-electron chi connectivity index (χ2n) is 9.57. The molecule has 0 saturated heterocycles. The molecule has 1 unspecified atom stereocenters. The Morgan fingerprint density at radius 1 is 1.32 bits per heavy atom. The molecule has 1 atom stereocenters. The van der Waals surface area contributed by atoms with Crippen molar-refractivity contribution in [3.8, 4) is 11.5 Å². The van der Waals surface area contributed by atoms with E-state index in [1.807, 2.05) is 13.0 Å². The molecule has 1 aromatic rings. The van der Waals surface area contributed by atoms with Crippen LogP contribution in [0.5, 0.6) is 11.5 Å². The molecular weight excluding hydrogens is 356 g/mol. The van der Waals surface area contributed by atoms with Crippen LogP contribution in [0, 0.1) is 5.41 Å². The fourth-order valence-electron chi connectivity index (χ4n) is 3.49. The van der Waals surface area contributed by atoms with Crippen LogP contribution in [-0.2, 0) is 22.0 Å². The fraction of sp³-hybridized carbons (Fsp3) is 0.571. The quantitative estimate of drug-likeness (QED) is 0.242. The highest BCUT2D eigenvalue weighted by Gasteiger charge is 2.41. The Kier molecular flexibility index (Phi) is 5.52. The van der Waals surface area contributed by atoms with Crippen LogP contribution in [0.3, 0.4) is 0 Å². The number of guanidine groups is 1. The highest BCUT2D eigenvalue weighted by molar-refractivity contribution is 5.78. The van der Waals surface area contributed by atoms with Crippen LogP contribution in [0.25, 0.3) is 0 Å². The van der Waals surface area contributed by atoms with Crippen molar-refractivity contribution in [3.05, 3.63) is 22.8 Å². The van der Waals surface area contributed by atoms with Gasteiger partial charge in [-0.05, 0) is 23.8 Å². The summed E-state index contributed by atoms with van der Waals surface area (Å²) in [4.78, 5) is 11.9. The molecule has 1 heterocycles. The largest absolute Gasteiger partial charge is 0.481 e. The van der Waals surface area contributed by atoms with Crippen molar-refractivity contribution >= 4 is 18.1 Å². The van der Waals surface area contributed by atoms with Gasteiger partial charge in [0.15, 0.2) is 0 Å². The van der Waals surface area contributed by atoms with E-state index in [0.717, 1.165) is 22.4 Å². The predicted molar refractivity (Wildman–Crippen MR) is 111 cm³/mol. The maximum atomic E-state index is 11.9. The van der Waals surface area contributed by atoms with Gasteiger partial charge in [-0.15, -0.1) is 0 Å². The third-order valence-electron chi connectivity index (χ3n) is 4.54. The standard InChI is InChI=1S/C21H32N4O3/c1-12(26)27-17-14(19(2,3)4)9-15-13(16(17)20(5,6)7)10-21(8,28-15)11-24-25-18(22)23/h9,11H,10H2,1-8H3,(H4,22,23,25)/b24-11+. The molecule has 7 heteroatoms. The lowest BCUT2D eigenvalue weighted by atomic mass is 9.76. The minimum absolute atomic E-state index is 0.238. The summed E-state index contributed by atoms with van der Waals surface area (Å²) in [5.41, 5.74) is 9.41. The van der Waals surface area contributed by atoms with E-state index < -0.39 is 5.60 Å². The first-order valence-corrected chi connectivity index (χ1v) is 9.36. The molecule has 1 aliphatic rings. The second kappa shape index (κ2) is 7.11. The van der Waals surface area contributed by atoms with E-state index in [4.69, 9.17) is 20.6 Å². The monoisotopic (exact) mass is 388 g/mol. The van der Waals surface area contributed by atoms with Gasteiger partial charge in [-0.25, -0.2) is 5.43 Å². The van der Waals surface area contributed by atoms with E-state index in [0.29, 0.717) is 12.2 Å². The van der Waals surface area contributed by atoms with Crippen LogP contribution in [0.4, 0.5) is 0 Å². The summed E-state index contributed by atoms with van der Waals surface area (Å²) in [7, 11) is 0. The van der Waals surface area contributed by atoms with E-state index in [-0.39, 0.29) is 22.8 Å². The Morgan fingerprint density at radius 3 is 2.39 bits per heavy atom. The first kappa shape index (κ1) is 21.7. The van der Waals surface area contributed by atoms with Crippen LogP contribution in [0.1, 0.15) is 72.1 Å². The number of ether oxygens (including phenoxy) is 2. The summed E-state index contributed by atoms with van der Waals surface area (Å²) in [6, 6.07) is 1.97. The number of hydrogen-bond donors (Lipinski definition) is 3.